The summed E-state index contributed by atoms with van der Waals surface area (Å²) in [6.07, 6.45) is 0.729. The van der Waals surface area contributed by atoms with Gasteiger partial charge in [0.1, 0.15) is 0 Å². The van der Waals surface area contributed by atoms with Crippen LogP contribution < -0.4 is 4.90 Å². The molecule has 2 heterocycles. The number of fused-ring (bicyclic) bond motifs is 1. The van der Waals surface area contributed by atoms with Crippen LogP contribution in [-0.4, -0.2) is 66.2 Å². The molecule has 4 rings (SSSR count). The minimum absolute atomic E-state index is 0.00467. The predicted octanol–water partition coefficient (Wildman–Crippen LogP) is 2.41. The van der Waals surface area contributed by atoms with Gasteiger partial charge in [0, 0.05) is 43.4 Å². The van der Waals surface area contributed by atoms with Crippen LogP contribution in [0.4, 0.5) is 5.69 Å². The lowest BCUT2D eigenvalue weighted by molar-refractivity contribution is -0.120. The number of piperazine rings is 1. The van der Waals surface area contributed by atoms with E-state index in [1.165, 1.54) is 5.56 Å². The number of hydrogen-bond donors (Lipinski definition) is 1. The van der Waals surface area contributed by atoms with Crippen molar-refractivity contribution in [3.8, 4) is 0 Å². The van der Waals surface area contributed by atoms with Gasteiger partial charge in [0.25, 0.3) is 0 Å². The van der Waals surface area contributed by atoms with E-state index in [-0.39, 0.29) is 18.6 Å². The van der Waals surface area contributed by atoms with Crippen molar-refractivity contribution < 1.29 is 9.90 Å². The van der Waals surface area contributed by atoms with Crippen molar-refractivity contribution in [3.05, 3.63) is 64.7 Å². The highest BCUT2D eigenvalue weighted by Crippen LogP contribution is 2.32. The molecule has 0 aliphatic carbocycles. The number of benzene rings is 2. The molecule has 1 amide bonds. The van der Waals surface area contributed by atoms with E-state index in [1.807, 2.05) is 36.4 Å². The number of carbonyl (C=O) groups excluding carboxylic acids is 1. The highest BCUT2D eigenvalue weighted by molar-refractivity contribution is 6.30. The Morgan fingerprint density at radius 1 is 1.00 bits per heavy atom. The van der Waals surface area contributed by atoms with Gasteiger partial charge in [0.15, 0.2) is 0 Å². The average Bonchev–Trinajstić information content (AvgIpc) is 3.10. The van der Waals surface area contributed by atoms with E-state index in [4.69, 9.17) is 11.6 Å². The summed E-state index contributed by atoms with van der Waals surface area (Å²) in [5, 5.41) is 10.5. The fourth-order valence-corrected chi connectivity index (χ4v) is 4.29. The second-order valence-electron chi connectivity index (χ2n) is 7.61. The van der Waals surface area contributed by atoms with E-state index in [0.717, 1.165) is 55.4 Å². The highest BCUT2D eigenvalue weighted by Gasteiger charge is 2.34. The maximum Gasteiger partial charge on any atom is 0.241 e. The maximum absolute atomic E-state index is 13.0. The molecule has 0 bridgehead atoms. The molecule has 1 saturated heterocycles. The standard InChI is InChI=1S/C22H26ClN3O2/c23-19-7-5-17(6-8-19)14-24-9-11-25(12-10-24)15-22(28)26-20(16-27)13-18-3-1-2-4-21(18)26/h1-8,20,27H,9-16H2/t20-/m0/s1. The van der Waals surface area contributed by atoms with E-state index >= 15 is 0 Å². The molecule has 0 radical (unpaired) electrons. The molecule has 0 unspecified atom stereocenters. The minimum atomic E-state index is -0.143. The molecule has 0 spiro atoms. The predicted molar refractivity (Wildman–Crippen MR) is 112 cm³/mol. The zero-order valence-electron chi connectivity index (χ0n) is 15.9. The van der Waals surface area contributed by atoms with Gasteiger partial charge in [0.05, 0.1) is 19.2 Å². The summed E-state index contributed by atoms with van der Waals surface area (Å²) >= 11 is 5.96. The number of hydrogen-bond acceptors (Lipinski definition) is 4. The smallest absolute Gasteiger partial charge is 0.241 e. The Bertz CT molecular complexity index is 819. The third-order valence-electron chi connectivity index (χ3n) is 5.69. The Hall–Kier alpha value is -1.92. The summed E-state index contributed by atoms with van der Waals surface area (Å²) < 4.78 is 0. The third-order valence-corrected chi connectivity index (χ3v) is 5.95. The Morgan fingerprint density at radius 2 is 1.68 bits per heavy atom. The van der Waals surface area contributed by atoms with Crippen molar-refractivity contribution in [1.29, 1.82) is 0 Å². The largest absolute Gasteiger partial charge is 0.394 e. The number of halogens is 1. The van der Waals surface area contributed by atoms with Gasteiger partial charge in [-0.1, -0.05) is 41.9 Å². The monoisotopic (exact) mass is 399 g/mol. The summed E-state index contributed by atoms with van der Waals surface area (Å²) in [4.78, 5) is 19.4. The number of carbonyl (C=O) groups is 1. The second-order valence-corrected chi connectivity index (χ2v) is 8.05. The van der Waals surface area contributed by atoms with Gasteiger partial charge in [-0.15, -0.1) is 0 Å². The zero-order valence-corrected chi connectivity index (χ0v) is 16.7. The molecule has 28 heavy (non-hydrogen) atoms. The van der Waals surface area contributed by atoms with Gasteiger partial charge in [-0.25, -0.2) is 0 Å². The topological polar surface area (TPSA) is 47.0 Å². The van der Waals surface area contributed by atoms with Crippen LogP contribution in [-0.2, 0) is 17.8 Å². The molecule has 6 heteroatoms. The highest BCUT2D eigenvalue weighted by atomic mass is 35.5. The third kappa shape index (κ3) is 4.23. The number of aliphatic hydroxyl groups excluding tert-OH is 1. The van der Waals surface area contributed by atoms with E-state index in [9.17, 15) is 9.90 Å². The quantitative estimate of drug-likeness (QED) is 0.838. The van der Waals surface area contributed by atoms with Crippen molar-refractivity contribution in [3.63, 3.8) is 0 Å². The molecule has 148 valence electrons. The van der Waals surface area contributed by atoms with Crippen LogP contribution >= 0.6 is 11.6 Å². The molecule has 2 aromatic carbocycles. The minimum Gasteiger partial charge on any atom is -0.394 e. The first-order valence-electron chi connectivity index (χ1n) is 9.84. The Morgan fingerprint density at radius 3 is 2.39 bits per heavy atom. The number of rotatable bonds is 5. The molecule has 0 aromatic heterocycles. The molecule has 1 fully saturated rings. The SMILES string of the molecule is O=C(CN1CCN(Cc2ccc(Cl)cc2)CC1)N1c2ccccc2C[C@H]1CO. The first kappa shape index (κ1) is 19.4. The van der Waals surface area contributed by atoms with Crippen molar-refractivity contribution in [2.24, 2.45) is 0 Å². The van der Waals surface area contributed by atoms with Gasteiger partial charge < -0.3 is 10.0 Å². The first-order chi connectivity index (χ1) is 13.6. The van der Waals surface area contributed by atoms with Crippen molar-refractivity contribution in [2.45, 2.75) is 19.0 Å². The maximum atomic E-state index is 13.0. The fourth-order valence-electron chi connectivity index (χ4n) is 4.17. The summed E-state index contributed by atoms with van der Waals surface area (Å²) in [6, 6.07) is 15.8. The lowest BCUT2D eigenvalue weighted by Gasteiger charge is -2.35. The number of amides is 1. The summed E-state index contributed by atoms with van der Waals surface area (Å²) in [6.45, 7) is 4.93. The van der Waals surface area contributed by atoms with Crippen LogP contribution in [0.3, 0.4) is 0 Å². The van der Waals surface area contributed by atoms with E-state index in [1.54, 1.807) is 4.90 Å². The number of anilines is 1. The van der Waals surface area contributed by atoms with Gasteiger partial charge >= 0.3 is 0 Å². The first-order valence-corrected chi connectivity index (χ1v) is 10.2. The van der Waals surface area contributed by atoms with Crippen LogP contribution in [0.5, 0.6) is 0 Å². The normalized spacial score (nSPS) is 20.4. The van der Waals surface area contributed by atoms with Crippen molar-refractivity contribution in [1.82, 2.24) is 9.80 Å². The van der Waals surface area contributed by atoms with Crippen molar-refractivity contribution >= 4 is 23.2 Å². The van der Waals surface area contributed by atoms with Crippen LogP contribution in [0.2, 0.25) is 5.02 Å². The van der Waals surface area contributed by atoms with Crippen LogP contribution in [0.25, 0.3) is 0 Å². The average molecular weight is 400 g/mol. The lowest BCUT2D eigenvalue weighted by atomic mass is 10.1. The van der Waals surface area contributed by atoms with E-state index < -0.39 is 0 Å². The van der Waals surface area contributed by atoms with Gasteiger partial charge in [-0.2, -0.15) is 0 Å². The van der Waals surface area contributed by atoms with E-state index in [2.05, 4.69) is 21.9 Å². The molecule has 1 N–H and O–H groups in total. The van der Waals surface area contributed by atoms with E-state index in [0.29, 0.717) is 6.54 Å². The number of para-hydroxylation sites is 1. The lowest BCUT2D eigenvalue weighted by Crippen LogP contribution is -2.51. The Kier molecular flexibility index (Phi) is 5.97. The molecule has 0 saturated carbocycles. The number of nitrogens with zero attached hydrogens (tertiary/aromatic N) is 3. The second kappa shape index (κ2) is 8.62. The molecular formula is C22H26ClN3O2. The van der Waals surface area contributed by atoms with Gasteiger partial charge in [-0.3, -0.25) is 14.6 Å². The van der Waals surface area contributed by atoms with Gasteiger partial charge in [-0.05, 0) is 35.7 Å². The molecular weight excluding hydrogens is 374 g/mol. The summed E-state index contributed by atoms with van der Waals surface area (Å²) in [5.74, 6) is 0.0788. The molecule has 5 nitrogen and oxygen atoms in total. The van der Waals surface area contributed by atoms with Crippen LogP contribution in [0, 0.1) is 0 Å². The zero-order chi connectivity index (χ0) is 19.5. The number of aliphatic hydroxyl groups is 1. The van der Waals surface area contributed by atoms with Crippen molar-refractivity contribution in [2.75, 3.05) is 44.2 Å². The molecule has 2 aromatic rings. The molecule has 1 atom stereocenters. The van der Waals surface area contributed by atoms with Gasteiger partial charge in [0.2, 0.25) is 5.91 Å². The Balaban J connectivity index is 1.32. The Labute approximate surface area is 171 Å². The molecule has 2 aliphatic rings. The summed E-state index contributed by atoms with van der Waals surface area (Å²) in [5.41, 5.74) is 3.35. The fraction of sp³-hybridized carbons (Fsp3) is 0.409. The molecule has 2 aliphatic heterocycles. The summed E-state index contributed by atoms with van der Waals surface area (Å²) in [7, 11) is 0. The van der Waals surface area contributed by atoms with Crippen LogP contribution in [0.1, 0.15) is 11.1 Å². The van der Waals surface area contributed by atoms with Crippen LogP contribution in [0.15, 0.2) is 48.5 Å².